The Morgan fingerprint density at radius 1 is 0.765 bits per heavy atom. The lowest BCUT2D eigenvalue weighted by molar-refractivity contribution is 0.653. The third kappa shape index (κ3) is 4.81. The molecule has 0 saturated carbocycles. The van der Waals surface area contributed by atoms with E-state index in [9.17, 15) is 0 Å². The molecule has 0 unspecified atom stereocenters. The van der Waals surface area contributed by atoms with Crippen LogP contribution in [0, 0.1) is 0 Å². The highest BCUT2D eigenvalue weighted by molar-refractivity contribution is 5.80. The molecule has 34 heavy (non-hydrogen) atoms. The summed E-state index contributed by atoms with van der Waals surface area (Å²) in [6.45, 7) is 3.68. The van der Waals surface area contributed by atoms with Gasteiger partial charge in [0.2, 0.25) is 0 Å². The van der Waals surface area contributed by atoms with Crippen molar-refractivity contribution in [1.29, 1.82) is 0 Å². The van der Waals surface area contributed by atoms with Gasteiger partial charge >= 0.3 is 0 Å². The molecule has 0 saturated heterocycles. The molecular formula is C28H28N6. The van der Waals surface area contributed by atoms with Crippen molar-refractivity contribution < 1.29 is 0 Å². The minimum Gasteiger partial charge on any atom is -0.330 e. The molecular weight excluding hydrogens is 420 g/mol. The predicted octanol–water partition coefficient (Wildman–Crippen LogP) is 5.64. The topological polar surface area (TPSA) is 61.4 Å². The molecule has 0 fully saturated rings. The lowest BCUT2D eigenvalue weighted by Crippen LogP contribution is -2.05. The Hall–Kier alpha value is -4.06. The Morgan fingerprint density at radius 3 is 2.29 bits per heavy atom. The molecule has 0 aliphatic carbocycles. The van der Waals surface area contributed by atoms with E-state index in [1.54, 1.807) is 0 Å². The average Bonchev–Trinajstić information content (AvgIpc) is 3.53. The van der Waals surface area contributed by atoms with Crippen LogP contribution in [-0.4, -0.2) is 29.8 Å². The number of nitrogens with zero attached hydrogens (tertiary/aromatic N) is 6. The number of imidazole rings is 1. The van der Waals surface area contributed by atoms with Gasteiger partial charge in [-0.25, -0.2) is 9.67 Å². The molecule has 2 heterocycles. The predicted molar refractivity (Wildman–Crippen MR) is 134 cm³/mol. The van der Waals surface area contributed by atoms with E-state index in [1.807, 2.05) is 41.5 Å². The maximum atomic E-state index is 4.36. The molecule has 0 N–H and O–H groups in total. The maximum Gasteiger partial charge on any atom is 0.182 e. The zero-order valence-corrected chi connectivity index (χ0v) is 19.4. The third-order valence-electron chi connectivity index (χ3n) is 6.08. The third-order valence-corrected chi connectivity index (χ3v) is 6.08. The van der Waals surface area contributed by atoms with Crippen LogP contribution in [0.25, 0.3) is 22.5 Å². The zero-order valence-electron chi connectivity index (χ0n) is 19.4. The Morgan fingerprint density at radius 2 is 1.50 bits per heavy atom. The number of aryl methyl sites for hydroxylation is 1. The largest absolute Gasteiger partial charge is 0.330 e. The zero-order chi connectivity index (χ0) is 23.2. The van der Waals surface area contributed by atoms with Crippen molar-refractivity contribution in [2.24, 2.45) is 0 Å². The number of hydrogen-bond donors (Lipinski definition) is 0. The van der Waals surface area contributed by atoms with Gasteiger partial charge in [-0.1, -0.05) is 92.2 Å². The molecule has 0 atom stereocenters. The van der Waals surface area contributed by atoms with Gasteiger partial charge < -0.3 is 4.57 Å². The summed E-state index contributed by atoms with van der Waals surface area (Å²) in [7, 11) is 0. The summed E-state index contributed by atoms with van der Waals surface area (Å²) in [5.74, 6) is 0.766. The van der Waals surface area contributed by atoms with Gasteiger partial charge in [0.1, 0.15) is 0 Å². The fourth-order valence-electron chi connectivity index (χ4n) is 4.23. The summed E-state index contributed by atoms with van der Waals surface area (Å²) in [5, 5.41) is 12.6. The number of benzene rings is 3. The van der Waals surface area contributed by atoms with Gasteiger partial charge in [-0.15, -0.1) is 5.10 Å². The highest BCUT2D eigenvalue weighted by Gasteiger charge is 2.14. The highest BCUT2D eigenvalue weighted by atomic mass is 15.5. The Bertz CT molecular complexity index is 1330. The Labute approximate surface area is 199 Å². The summed E-state index contributed by atoms with van der Waals surface area (Å²) in [6, 6.07) is 27.3. The normalized spacial score (nSPS) is 11.1. The first-order valence-corrected chi connectivity index (χ1v) is 11.8. The summed E-state index contributed by atoms with van der Waals surface area (Å²) < 4.78 is 4.11. The van der Waals surface area contributed by atoms with Gasteiger partial charge in [-0.05, 0) is 45.5 Å². The molecule has 3 aromatic carbocycles. The number of hydrogen-bond acceptors (Lipinski definition) is 4. The summed E-state index contributed by atoms with van der Waals surface area (Å²) in [4.78, 5) is 4.36. The van der Waals surface area contributed by atoms with Crippen molar-refractivity contribution in [1.82, 2.24) is 29.8 Å². The van der Waals surface area contributed by atoms with E-state index in [4.69, 9.17) is 0 Å². The Kier molecular flexibility index (Phi) is 6.56. The second-order valence-electron chi connectivity index (χ2n) is 8.50. The monoisotopic (exact) mass is 448 g/mol. The number of unbranched alkanes of at least 4 members (excludes halogenated alkanes) is 1. The van der Waals surface area contributed by atoms with Gasteiger partial charge in [0.05, 0.1) is 12.9 Å². The van der Waals surface area contributed by atoms with Crippen molar-refractivity contribution in [3.05, 3.63) is 108 Å². The molecule has 5 aromatic rings. The van der Waals surface area contributed by atoms with E-state index in [0.29, 0.717) is 6.54 Å². The van der Waals surface area contributed by atoms with Crippen molar-refractivity contribution >= 4 is 0 Å². The van der Waals surface area contributed by atoms with Crippen LogP contribution in [0.1, 0.15) is 36.6 Å². The Balaban J connectivity index is 1.40. The van der Waals surface area contributed by atoms with Crippen LogP contribution in [-0.2, 0) is 19.5 Å². The van der Waals surface area contributed by atoms with Crippen molar-refractivity contribution in [2.75, 3.05) is 0 Å². The molecule has 0 aliphatic heterocycles. The molecule has 0 radical (unpaired) electrons. The van der Waals surface area contributed by atoms with E-state index in [2.05, 4.69) is 86.6 Å². The first-order valence-electron chi connectivity index (χ1n) is 11.8. The van der Waals surface area contributed by atoms with Crippen molar-refractivity contribution in [3.63, 3.8) is 0 Å². The van der Waals surface area contributed by atoms with E-state index in [1.165, 1.54) is 24.1 Å². The van der Waals surface area contributed by atoms with E-state index < -0.39 is 0 Å². The van der Waals surface area contributed by atoms with E-state index in [0.717, 1.165) is 41.0 Å². The molecule has 170 valence electrons. The highest BCUT2D eigenvalue weighted by Crippen LogP contribution is 2.31. The molecule has 0 amide bonds. The van der Waals surface area contributed by atoms with Crippen LogP contribution < -0.4 is 0 Å². The fraction of sp³-hybridized carbons (Fsp3) is 0.214. The maximum absolute atomic E-state index is 4.36. The summed E-state index contributed by atoms with van der Waals surface area (Å²) in [5.41, 5.74) is 6.99. The average molecular weight is 449 g/mol. The minimum atomic E-state index is 0.627. The number of aromatic nitrogens is 6. The van der Waals surface area contributed by atoms with Gasteiger partial charge in [-0.3, -0.25) is 0 Å². The smallest absolute Gasteiger partial charge is 0.182 e. The van der Waals surface area contributed by atoms with Crippen molar-refractivity contribution in [2.45, 2.75) is 39.3 Å². The van der Waals surface area contributed by atoms with Crippen LogP contribution >= 0.6 is 0 Å². The number of rotatable bonds is 9. The number of tetrazole rings is 1. The molecule has 5 rings (SSSR count). The van der Waals surface area contributed by atoms with Crippen LogP contribution in [0.15, 0.2) is 91.4 Å². The molecule has 6 heteroatoms. The second kappa shape index (κ2) is 10.3. The molecule has 0 spiro atoms. The lowest BCUT2D eigenvalue weighted by Gasteiger charge is -2.12. The minimum absolute atomic E-state index is 0.627. The van der Waals surface area contributed by atoms with Crippen LogP contribution in [0.5, 0.6) is 0 Å². The van der Waals surface area contributed by atoms with Crippen LogP contribution in [0.3, 0.4) is 0 Å². The molecule has 2 aromatic heterocycles. The van der Waals surface area contributed by atoms with Crippen molar-refractivity contribution in [3.8, 4) is 22.5 Å². The molecule has 0 aliphatic rings. The van der Waals surface area contributed by atoms with Gasteiger partial charge in [-0.2, -0.15) is 0 Å². The molecule has 0 bridgehead atoms. The van der Waals surface area contributed by atoms with E-state index in [-0.39, 0.29) is 0 Å². The first-order chi connectivity index (χ1) is 16.8. The summed E-state index contributed by atoms with van der Waals surface area (Å²) >= 11 is 0. The van der Waals surface area contributed by atoms with Crippen LogP contribution in [0.2, 0.25) is 0 Å². The van der Waals surface area contributed by atoms with E-state index >= 15 is 0 Å². The standard InChI is InChI=1S/C28H28N6/c1-2-3-11-25-18-29-21-33(25)19-23-14-16-24(17-15-23)26-12-7-8-13-27(26)28-30-31-32-34(28)20-22-9-5-4-6-10-22/h4-10,12-18,21H,2-3,11,19-20H2,1H3. The fourth-order valence-corrected chi connectivity index (χ4v) is 4.23. The second-order valence-corrected chi connectivity index (χ2v) is 8.50. The van der Waals surface area contributed by atoms with Crippen LogP contribution in [0.4, 0.5) is 0 Å². The summed E-state index contributed by atoms with van der Waals surface area (Å²) in [6.07, 6.45) is 7.36. The SMILES string of the molecule is CCCCc1cncn1Cc1ccc(-c2ccccc2-c2nnnn2Cc2ccccc2)cc1. The molecule has 6 nitrogen and oxygen atoms in total. The van der Waals surface area contributed by atoms with Gasteiger partial charge in [0.15, 0.2) is 5.82 Å². The quantitative estimate of drug-likeness (QED) is 0.293. The van der Waals surface area contributed by atoms with Gasteiger partial charge in [0.25, 0.3) is 0 Å². The lowest BCUT2D eigenvalue weighted by atomic mass is 9.98. The first kappa shape index (κ1) is 21.8. The van der Waals surface area contributed by atoms with Gasteiger partial charge in [0, 0.05) is 24.0 Å².